The van der Waals surface area contributed by atoms with Gasteiger partial charge in [0.05, 0.1) is 16.4 Å². The second-order valence-corrected chi connectivity index (χ2v) is 7.70. The minimum Gasteiger partial charge on any atom is -0.383 e. The molecule has 1 atom stereocenters. The SMILES string of the molecule is CN=C(NCCNc1ccc([N+](=O)[O-])cc1)NC1CCS(=O)(=O)C1.I. The predicted octanol–water partition coefficient (Wildman–Crippen LogP) is 0.977. The molecule has 0 bridgehead atoms. The van der Waals surface area contributed by atoms with E-state index in [1.807, 2.05) is 0 Å². The molecule has 0 aromatic heterocycles. The molecule has 25 heavy (non-hydrogen) atoms. The van der Waals surface area contributed by atoms with Gasteiger partial charge in [-0.2, -0.15) is 0 Å². The highest BCUT2D eigenvalue weighted by molar-refractivity contribution is 14.0. The molecular weight excluding hydrogens is 461 g/mol. The molecule has 0 saturated carbocycles. The van der Waals surface area contributed by atoms with Crippen LogP contribution in [0.1, 0.15) is 6.42 Å². The lowest BCUT2D eigenvalue weighted by molar-refractivity contribution is -0.384. The minimum absolute atomic E-state index is 0. The van der Waals surface area contributed by atoms with Gasteiger partial charge in [-0.15, -0.1) is 24.0 Å². The van der Waals surface area contributed by atoms with Gasteiger partial charge in [0.25, 0.3) is 5.69 Å². The first kappa shape index (κ1) is 21.4. The van der Waals surface area contributed by atoms with Crippen molar-refractivity contribution >= 4 is 51.1 Å². The molecule has 1 aliphatic heterocycles. The lowest BCUT2D eigenvalue weighted by Gasteiger charge is -2.16. The van der Waals surface area contributed by atoms with Crippen LogP contribution in [-0.2, 0) is 9.84 Å². The van der Waals surface area contributed by atoms with E-state index in [0.29, 0.717) is 25.5 Å². The Labute approximate surface area is 163 Å². The second-order valence-electron chi connectivity index (χ2n) is 5.47. The number of halogens is 1. The number of nitrogens with zero attached hydrogens (tertiary/aromatic N) is 2. The molecule has 1 unspecified atom stereocenters. The quantitative estimate of drug-likeness (QED) is 0.138. The Morgan fingerprint density at radius 2 is 2.00 bits per heavy atom. The average Bonchev–Trinajstić information content (AvgIpc) is 2.89. The lowest BCUT2D eigenvalue weighted by atomic mass is 10.3. The van der Waals surface area contributed by atoms with Crippen LogP contribution in [0.3, 0.4) is 0 Å². The minimum atomic E-state index is -2.93. The molecule has 2 rings (SSSR count). The van der Waals surface area contributed by atoms with Gasteiger partial charge in [0.1, 0.15) is 0 Å². The Hall–Kier alpha value is -1.63. The van der Waals surface area contributed by atoms with Crippen LogP contribution < -0.4 is 16.0 Å². The number of sulfone groups is 1. The number of nitrogens with one attached hydrogen (secondary N) is 3. The van der Waals surface area contributed by atoms with Crippen LogP contribution in [0, 0.1) is 10.1 Å². The molecule has 0 radical (unpaired) electrons. The number of guanidine groups is 1. The Bertz CT molecular complexity index is 708. The number of nitro groups is 1. The smallest absolute Gasteiger partial charge is 0.269 e. The van der Waals surface area contributed by atoms with E-state index in [1.54, 1.807) is 19.2 Å². The highest BCUT2D eigenvalue weighted by atomic mass is 127. The first-order valence-corrected chi connectivity index (χ1v) is 9.38. The van der Waals surface area contributed by atoms with Gasteiger partial charge in [0.15, 0.2) is 15.8 Å². The Morgan fingerprint density at radius 1 is 1.32 bits per heavy atom. The highest BCUT2D eigenvalue weighted by Crippen LogP contribution is 2.15. The fraction of sp³-hybridized carbons (Fsp3) is 0.500. The van der Waals surface area contributed by atoms with Gasteiger partial charge in [0.2, 0.25) is 0 Å². The molecule has 140 valence electrons. The molecule has 11 heteroatoms. The third-order valence-electron chi connectivity index (χ3n) is 3.62. The normalized spacial score (nSPS) is 18.9. The van der Waals surface area contributed by atoms with Gasteiger partial charge in [-0.3, -0.25) is 15.1 Å². The molecule has 1 fully saturated rings. The summed E-state index contributed by atoms with van der Waals surface area (Å²) in [6.45, 7) is 1.15. The van der Waals surface area contributed by atoms with Crippen LogP contribution in [0.5, 0.6) is 0 Å². The Morgan fingerprint density at radius 3 is 2.52 bits per heavy atom. The third kappa shape index (κ3) is 7.02. The molecule has 3 N–H and O–H groups in total. The van der Waals surface area contributed by atoms with E-state index >= 15 is 0 Å². The van der Waals surface area contributed by atoms with Crippen molar-refractivity contribution in [1.29, 1.82) is 0 Å². The molecule has 1 saturated heterocycles. The summed E-state index contributed by atoms with van der Waals surface area (Å²) < 4.78 is 22.9. The first-order chi connectivity index (χ1) is 11.4. The van der Waals surface area contributed by atoms with E-state index in [0.717, 1.165) is 5.69 Å². The van der Waals surface area contributed by atoms with E-state index in [1.165, 1.54) is 12.1 Å². The van der Waals surface area contributed by atoms with Gasteiger partial charge in [-0.25, -0.2) is 8.42 Å². The van der Waals surface area contributed by atoms with E-state index in [-0.39, 0.29) is 47.2 Å². The Balaban J connectivity index is 0.00000312. The summed E-state index contributed by atoms with van der Waals surface area (Å²) in [5.74, 6) is 0.903. The lowest BCUT2D eigenvalue weighted by Crippen LogP contribution is -2.45. The molecule has 9 nitrogen and oxygen atoms in total. The number of hydrogen-bond donors (Lipinski definition) is 3. The van der Waals surface area contributed by atoms with Crippen LogP contribution >= 0.6 is 24.0 Å². The number of aliphatic imine (C=N–C) groups is 1. The molecule has 1 heterocycles. The predicted molar refractivity (Wildman–Crippen MR) is 109 cm³/mol. The second kappa shape index (κ2) is 9.75. The molecule has 1 aromatic rings. The van der Waals surface area contributed by atoms with Crippen LogP contribution in [0.25, 0.3) is 0 Å². The summed E-state index contributed by atoms with van der Waals surface area (Å²) in [7, 11) is -1.30. The number of anilines is 1. The largest absolute Gasteiger partial charge is 0.383 e. The van der Waals surface area contributed by atoms with Crippen molar-refractivity contribution in [3.05, 3.63) is 34.4 Å². The van der Waals surface area contributed by atoms with Gasteiger partial charge >= 0.3 is 0 Å². The maximum atomic E-state index is 11.4. The topological polar surface area (TPSA) is 126 Å². The summed E-state index contributed by atoms with van der Waals surface area (Å²) in [6.07, 6.45) is 0.587. The van der Waals surface area contributed by atoms with E-state index in [2.05, 4.69) is 20.9 Å². The number of non-ortho nitro benzene ring substituents is 1. The summed E-state index contributed by atoms with van der Waals surface area (Å²) in [5, 5.41) is 19.9. The standard InChI is InChI=1S/C14H21N5O4S.HI/c1-15-14(18-12-6-9-24(22,23)10-12)17-8-7-16-11-2-4-13(5-3-11)19(20)21;/h2-5,12,16H,6-10H2,1H3,(H2,15,17,18);1H. The van der Waals surface area contributed by atoms with Crippen LogP contribution in [-0.4, -0.2) is 57.0 Å². The zero-order valence-electron chi connectivity index (χ0n) is 13.8. The van der Waals surface area contributed by atoms with E-state index in [4.69, 9.17) is 0 Å². The number of hydrogen-bond acceptors (Lipinski definition) is 6. The van der Waals surface area contributed by atoms with Gasteiger partial charge < -0.3 is 16.0 Å². The summed E-state index contributed by atoms with van der Waals surface area (Å²) in [6, 6.07) is 6.07. The first-order valence-electron chi connectivity index (χ1n) is 7.55. The maximum Gasteiger partial charge on any atom is 0.269 e. The fourth-order valence-corrected chi connectivity index (χ4v) is 4.06. The summed E-state index contributed by atoms with van der Waals surface area (Å²) in [4.78, 5) is 14.2. The van der Waals surface area contributed by atoms with Gasteiger partial charge in [-0.1, -0.05) is 0 Å². The monoisotopic (exact) mass is 483 g/mol. The average molecular weight is 483 g/mol. The van der Waals surface area contributed by atoms with Crippen molar-refractivity contribution in [1.82, 2.24) is 10.6 Å². The number of rotatable bonds is 6. The number of benzene rings is 1. The van der Waals surface area contributed by atoms with Crippen molar-refractivity contribution in [3.8, 4) is 0 Å². The van der Waals surface area contributed by atoms with Gasteiger partial charge in [-0.05, 0) is 18.6 Å². The zero-order valence-corrected chi connectivity index (χ0v) is 16.9. The maximum absolute atomic E-state index is 11.4. The van der Waals surface area contributed by atoms with Crippen molar-refractivity contribution in [2.75, 3.05) is 37.0 Å². The molecule has 1 aliphatic rings. The van der Waals surface area contributed by atoms with Crippen molar-refractivity contribution in [2.24, 2.45) is 4.99 Å². The molecular formula is C14H22IN5O4S. The van der Waals surface area contributed by atoms with Crippen molar-refractivity contribution in [2.45, 2.75) is 12.5 Å². The molecule has 0 aliphatic carbocycles. The zero-order chi connectivity index (χ0) is 17.6. The van der Waals surface area contributed by atoms with Crippen LogP contribution in [0.2, 0.25) is 0 Å². The highest BCUT2D eigenvalue weighted by Gasteiger charge is 2.28. The molecule has 1 aromatic carbocycles. The molecule has 0 amide bonds. The Kier molecular flexibility index (Phi) is 8.35. The van der Waals surface area contributed by atoms with Crippen molar-refractivity contribution < 1.29 is 13.3 Å². The molecule has 0 spiro atoms. The van der Waals surface area contributed by atoms with Crippen LogP contribution in [0.15, 0.2) is 29.3 Å². The van der Waals surface area contributed by atoms with E-state index < -0.39 is 14.8 Å². The van der Waals surface area contributed by atoms with Gasteiger partial charge in [0, 0.05) is 44.0 Å². The fourth-order valence-electron chi connectivity index (χ4n) is 2.39. The summed E-state index contributed by atoms with van der Waals surface area (Å²) in [5.41, 5.74) is 0.835. The van der Waals surface area contributed by atoms with Crippen molar-refractivity contribution in [3.63, 3.8) is 0 Å². The third-order valence-corrected chi connectivity index (χ3v) is 5.39. The van der Waals surface area contributed by atoms with Crippen LogP contribution in [0.4, 0.5) is 11.4 Å². The van der Waals surface area contributed by atoms with E-state index in [9.17, 15) is 18.5 Å². The summed E-state index contributed by atoms with van der Waals surface area (Å²) >= 11 is 0. The number of nitro benzene ring substituents is 1.